The lowest BCUT2D eigenvalue weighted by Crippen LogP contribution is -2.49. The highest BCUT2D eigenvalue weighted by Crippen LogP contribution is 2.49. The number of nitrogens with one attached hydrogen (secondary N) is 1. The minimum Gasteiger partial charge on any atom is -0.450 e. The van der Waals surface area contributed by atoms with Gasteiger partial charge in [0.15, 0.2) is 0 Å². The van der Waals surface area contributed by atoms with Crippen molar-refractivity contribution in [3.63, 3.8) is 0 Å². The number of carbonyl (C=O) groups is 2. The molecular formula is C18H24FN3O3. The second kappa shape index (κ2) is 6.90. The summed E-state index contributed by atoms with van der Waals surface area (Å²) >= 11 is 0. The molecule has 1 aromatic rings. The summed E-state index contributed by atoms with van der Waals surface area (Å²) in [6.07, 6.45) is 1.06. The Morgan fingerprint density at radius 2 is 1.92 bits per heavy atom. The number of hydrogen-bond acceptors (Lipinski definition) is 4. The SMILES string of the molecule is CCOC(=O)N1CCN(c2ccc(C3(C(=O)NC)CC3)c(F)c2)CC1. The maximum Gasteiger partial charge on any atom is 0.409 e. The molecule has 0 aromatic heterocycles. The van der Waals surface area contributed by atoms with Gasteiger partial charge in [-0.3, -0.25) is 4.79 Å². The largest absolute Gasteiger partial charge is 0.450 e. The van der Waals surface area contributed by atoms with Gasteiger partial charge < -0.3 is 19.9 Å². The molecule has 0 spiro atoms. The molecule has 2 amide bonds. The number of amides is 2. The molecule has 1 aromatic carbocycles. The molecule has 1 saturated carbocycles. The molecule has 0 bridgehead atoms. The Kier molecular flexibility index (Phi) is 4.83. The quantitative estimate of drug-likeness (QED) is 0.902. The van der Waals surface area contributed by atoms with E-state index in [-0.39, 0.29) is 17.8 Å². The number of hydrogen-bond donors (Lipinski definition) is 1. The summed E-state index contributed by atoms with van der Waals surface area (Å²) < 4.78 is 19.7. The van der Waals surface area contributed by atoms with Crippen LogP contribution in [0.5, 0.6) is 0 Å². The molecule has 25 heavy (non-hydrogen) atoms. The van der Waals surface area contributed by atoms with Gasteiger partial charge in [0.05, 0.1) is 12.0 Å². The van der Waals surface area contributed by atoms with Crippen molar-refractivity contribution in [2.45, 2.75) is 25.2 Å². The molecule has 1 aliphatic carbocycles. The summed E-state index contributed by atoms with van der Waals surface area (Å²) in [5.41, 5.74) is 0.554. The van der Waals surface area contributed by atoms with Crippen LogP contribution in [0.4, 0.5) is 14.9 Å². The van der Waals surface area contributed by atoms with Gasteiger partial charge in [0, 0.05) is 44.5 Å². The zero-order chi connectivity index (χ0) is 18.0. The van der Waals surface area contributed by atoms with Crippen LogP contribution in [0.3, 0.4) is 0 Å². The zero-order valence-electron chi connectivity index (χ0n) is 14.7. The van der Waals surface area contributed by atoms with Crippen molar-refractivity contribution in [2.75, 3.05) is 44.7 Å². The van der Waals surface area contributed by atoms with Gasteiger partial charge in [-0.2, -0.15) is 0 Å². The number of nitrogens with zero attached hydrogens (tertiary/aromatic N) is 2. The smallest absolute Gasteiger partial charge is 0.409 e. The molecule has 7 heteroatoms. The highest BCUT2D eigenvalue weighted by Gasteiger charge is 2.52. The third-order valence-electron chi connectivity index (χ3n) is 5.05. The summed E-state index contributed by atoms with van der Waals surface area (Å²) in [6.45, 7) is 4.48. The minimum absolute atomic E-state index is 0.123. The summed E-state index contributed by atoms with van der Waals surface area (Å²) in [6, 6.07) is 5.09. The number of anilines is 1. The van der Waals surface area contributed by atoms with Gasteiger partial charge in [0.1, 0.15) is 5.82 Å². The maximum atomic E-state index is 14.7. The topological polar surface area (TPSA) is 61.9 Å². The Balaban J connectivity index is 1.68. The number of likely N-dealkylation sites (N-methyl/N-ethyl adjacent to an activating group) is 1. The third-order valence-corrected chi connectivity index (χ3v) is 5.05. The van der Waals surface area contributed by atoms with E-state index < -0.39 is 5.41 Å². The van der Waals surface area contributed by atoms with E-state index in [1.54, 1.807) is 24.9 Å². The Morgan fingerprint density at radius 3 is 2.44 bits per heavy atom. The number of carbonyl (C=O) groups excluding carboxylic acids is 2. The lowest BCUT2D eigenvalue weighted by molar-refractivity contribution is -0.123. The van der Waals surface area contributed by atoms with E-state index in [9.17, 15) is 14.0 Å². The van der Waals surface area contributed by atoms with Gasteiger partial charge in [-0.05, 0) is 31.9 Å². The highest BCUT2D eigenvalue weighted by atomic mass is 19.1. The standard InChI is InChI=1S/C18H24FN3O3/c1-3-25-17(24)22-10-8-21(9-11-22)13-4-5-14(15(19)12-13)18(6-7-18)16(23)20-2/h4-5,12H,3,6-11H2,1-2H3,(H,20,23). The molecule has 0 radical (unpaired) electrons. The van der Waals surface area contributed by atoms with Crippen molar-refractivity contribution in [1.82, 2.24) is 10.2 Å². The van der Waals surface area contributed by atoms with Crippen molar-refractivity contribution in [1.29, 1.82) is 0 Å². The van der Waals surface area contributed by atoms with Crippen LogP contribution in [0.2, 0.25) is 0 Å². The first-order chi connectivity index (χ1) is 12.0. The van der Waals surface area contributed by atoms with Crippen LogP contribution in [-0.4, -0.2) is 56.7 Å². The molecule has 1 N–H and O–H groups in total. The third kappa shape index (κ3) is 3.27. The average Bonchev–Trinajstić information content (AvgIpc) is 3.43. The van der Waals surface area contributed by atoms with Gasteiger partial charge in [0.25, 0.3) is 0 Å². The molecule has 2 aliphatic rings. The van der Waals surface area contributed by atoms with Crippen molar-refractivity contribution in [3.8, 4) is 0 Å². The van der Waals surface area contributed by atoms with Crippen LogP contribution in [0.15, 0.2) is 18.2 Å². The molecule has 0 atom stereocenters. The fourth-order valence-corrected chi connectivity index (χ4v) is 3.43. The predicted octanol–water partition coefficient (Wildman–Crippen LogP) is 1.88. The molecule has 3 rings (SSSR count). The van der Waals surface area contributed by atoms with Gasteiger partial charge >= 0.3 is 6.09 Å². The van der Waals surface area contributed by atoms with Crippen LogP contribution in [0.25, 0.3) is 0 Å². The van der Waals surface area contributed by atoms with Crippen LogP contribution < -0.4 is 10.2 Å². The number of piperazine rings is 1. The first kappa shape index (κ1) is 17.5. The maximum absolute atomic E-state index is 14.7. The predicted molar refractivity (Wildman–Crippen MR) is 92.2 cm³/mol. The van der Waals surface area contributed by atoms with E-state index in [0.29, 0.717) is 51.2 Å². The highest BCUT2D eigenvalue weighted by molar-refractivity contribution is 5.91. The van der Waals surface area contributed by atoms with Crippen molar-refractivity contribution in [3.05, 3.63) is 29.6 Å². The first-order valence-electron chi connectivity index (χ1n) is 8.70. The number of rotatable bonds is 4. The van der Waals surface area contributed by atoms with E-state index in [2.05, 4.69) is 5.32 Å². The summed E-state index contributed by atoms with van der Waals surface area (Å²) in [5, 5.41) is 2.63. The van der Waals surface area contributed by atoms with E-state index in [1.165, 1.54) is 6.07 Å². The number of halogens is 1. The second-order valence-corrected chi connectivity index (χ2v) is 6.50. The van der Waals surface area contributed by atoms with Crippen LogP contribution in [-0.2, 0) is 14.9 Å². The fraction of sp³-hybridized carbons (Fsp3) is 0.556. The number of ether oxygens (including phenoxy) is 1. The Bertz CT molecular complexity index is 668. The van der Waals surface area contributed by atoms with Gasteiger partial charge in [-0.1, -0.05) is 6.07 Å². The van der Waals surface area contributed by atoms with Crippen molar-refractivity contribution >= 4 is 17.7 Å². The molecule has 1 saturated heterocycles. The average molecular weight is 349 g/mol. The lowest BCUT2D eigenvalue weighted by Gasteiger charge is -2.35. The molecular weight excluding hydrogens is 325 g/mol. The monoisotopic (exact) mass is 349 g/mol. The minimum atomic E-state index is -0.694. The van der Waals surface area contributed by atoms with Crippen LogP contribution in [0.1, 0.15) is 25.3 Å². The number of benzene rings is 1. The molecule has 136 valence electrons. The second-order valence-electron chi connectivity index (χ2n) is 6.50. The Hall–Kier alpha value is -2.31. The van der Waals surface area contributed by atoms with E-state index in [4.69, 9.17) is 4.74 Å². The van der Waals surface area contributed by atoms with Gasteiger partial charge in [-0.25, -0.2) is 9.18 Å². The van der Waals surface area contributed by atoms with Gasteiger partial charge in [-0.15, -0.1) is 0 Å². The summed E-state index contributed by atoms with van der Waals surface area (Å²) in [4.78, 5) is 27.5. The fourth-order valence-electron chi connectivity index (χ4n) is 3.43. The summed E-state index contributed by atoms with van der Waals surface area (Å²) in [5.74, 6) is -0.464. The van der Waals surface area contributed by atoms with Crippen molar-refractivity contribution < 1.29 is 18.7 Å². The normalized spacial score (nSPS) is 18.7. The first-order valence-corrected chi connectivity index (χ1v) is 8.70. The van der Waals surface area contributed by atoms with Gasteiger partial charge in [0.2, 0.25) is 5.91 Å². The molecule has 0 unspecified atom stereocenters. The molecule has 1 aliphatic heterocycles. The summed E-state index contributed by atoms with van der Waals surface area (Å²) in [7, 11) is 1.58. The molecule has 6 nitrogen and oxygen atoms in total. The molecule has 1 heterocycles. The van der Waals surface area contributed by atoms with Crippen LogP contribution in [0, 0.1) is 5.82 Å². The lowest BCUT2D eigenvalue weighted by atomic mass is 9.94. The van der Waals surface area contributed by atoms with E-state index >= 15 is 0 Å². The van der Waals surface area contributed by atoms with Crippen molar-refractivity contribution in [2.24, 2.45) is 0 Å². The zero-order valence-corrected chi connectivity index (χ0v) is 14.7. The van der Waals surface area contributed by atoms with E-state index in [1.807, 2.05) is 11.0 Å². The van der Waals surface area contributed by atoms with E-state index in [0.717, 1.165) is 5.69 Å². The van der Waals surface area contributed by atoms with Crippen LogP contribution >= 0.6 is 0 Å². The Morgan fingerprint density at radius 1 is 1.24 bits per heavy atom. The Labute approximate surface area is 146 Å². The molecule has 2 fully saturated rings.